The Hall–Kier alpha value is -1.67. The van der Waals surface area contributed by atoms with Gasteiger partial charge in [-0.2, -0.15) is 0 Å². The fraction of sp³-hybridized carbons (Fsp3) is 0.600. The van der Waals surface area contributed by atoms with Crippen molar-refractivity contribution in [2.24, 2.45) is 5.92 Å². The van der Waals surface area contributed by atoms with Gasteiger partial charge in [0, 0.05) is 18.4 Å². The number of nitrogens with one attached hydrogen (secondary N) is 2. The first-order chi connectivity index (χ1) is 10.8. The maximum absolute atomic E-state index is 12.3. The Morgan fingerprint density at radius 1 is 1.43 bits per heavy atom. The molecule has 2 N–H and O–H groups in total. The largest absolute Gasteiger partial charge is 0.372 e. The normalized spacial score (nSPS) is 30.4. The smallest absolute Gasteiger partial charge is 0.320 e. The molecule has 0 radical (unpaired) electrons. The van der Waals surface area contributed by atoms with Gasteiger partial charge in [-0.05, 0) is 37.8 Å². The van der Waals surface area contributed by atoms with Crippen molar-refractivity contribution in [3.8, 4) is 0 Å². The van der Waals surface area contributed by atoms with E-state index in [9.17, 15) is 13.2 Å². The lowest BCUT2D eigenvalue weighted by atomic mass is 9.73. The fourth-order valence-electron chi connectivity index (χ4n) is 3.89. The van der Waals surface area contributed by atoms with Crippen LogP contribution in [-0.4, -0.2) is 43.4 Å². The molecule has 2 saturated carbocycles. The van der Waals surface area contributed by atoms with Crippen LogP contribution in [0, 0.1) is 5.92 Å². The summed E-state index contributed by atoms with van der Waals surface area (Å²) in [7, 11) is -3.33. The predicted molar refractivity (Wildman–Crippen MR) is 82.9 cm³/mol. The number of urea groups is 1. The molecule has 23 heavy (non-hydrogen) atoms. The van der Waals surface area contributed by atoms with Crippen LogP contribution in [0.25, 0.3) is 0 Å². The summed E-state index contributed by atoms with van der Waals surface area (Å²) in [5.74, 6) is 0.615. The summed E-state index contributed by atoms with van der Waals surface area (Å²) in [6.45, 7) is 0.710. The Balaban J connectivity index is 1.47. The number of amides is 2. The van der Waals surface area contributed by atoms with E-state index in [4.69, 9.17) is 4.74 Å². The molecule has 2 heterocycles. The van der Waals surface area contributed by atoms with Gasteiger partial charge in [-0.15, -0.1) is 0 Å². The summed E-state index contributed by atoms with van der Waals surface area (Å²) in [4.78, 5) is 16.5. The summed E-state index contributed by atoms with van der Waals surface area (Å²) < 4.78 is 29.1. The number of rotatable bonds is 3. The van der Waals surface area contributed by atoms with Crippen LogP contribution < -0.4 is 10.6 Å². The number of fused-ring (bicyclic) bond motifs is 2. The Morgan fingerprint density at radius 2 is 2.22 bits per heavy atom. The summed E-state index contributed by atoms with van der Waals surface area (Å²) in [6, 6.07) is 2.41. The van der Waals surface area contributed by atoms with Gasteiger partial charge >= 0.3 is 6.03 Å². The van der Waals surface area contributed by atoms with Crippen molar-refractivity contribution >= 4 is 21.7 Å². The van der Waals surface area contributed by atoms with Gasteiger partial charge in [-0.25, -0.2) is 18.2 Å². The zero-order valence-corrected chi connectivity index (χ0v) is 13.6. The average molecular weight is 337 g/mol. The molecule has 1 aromatic heterocycles. The SMILES string of the molecule is CS(=O)(=O)c1ccnc(NC(=O)N[C@]23C[C@H]2COC32CCC2)c1. The molecular weight excluding hydrogens is 318 g/mol. The number of pyridine rings is 1. The molecule has 7 nitrogen and oxygen atoms in total. The van der Waals surface area contributed by atoms with Crippen molar-refractivity contribution in [3.63, 3.8) is 0 Å². The van der Waals surface area contributed by atoms with E-state index in [-0.39, 0.29) is 27.9 Å². The van der Waals surface area contributed by atoms with Gasteiger partial charge < -0.3 is 10.1 Å². The fourth-order valence-corrected chi connectivity index (χ4v) is 4.53. The van der Waals surface area contributed by atoms with E-state index < -0.39 is 9.84 Å². The zero-order chi connectivity index (χ0) is 16.3. The lowest BCUT2D eigenvalue weighted by molar-refractivity contribution is -0.0932. The van der Waals surface area contributed by atoms with Crippen LogP contribution in [0.5, 0.6) is 0 Å². The lowest BCUT2D eigenvalue weighted by Crippen LogP contribution is -2.59. The number of carbonyl (C=O) groups excluding carboxylic acids is 1. The van der Waals surface area contributed by atoms with E-state index in [1.807, 2.05) is 0 Å². The number of hydrogen-bond acceptors (Lipinski definition) is 5. The molecule has 1 saturated heterocycles. The van der Waals surface area contributed by atoms with E-state index in [2.05, 4.69) is 15.6 Å². The highest BCUT2D eigenvalue weighted by Crippen LogP contribution is 2.64. The highest BCUT2D eigenvalue weighted by Gasteiger charge is 2.74. The molecule has 0 unspecified atom stereocenters. The van der Waals surface area contributed by atoms with Gasteiger partial charge in [0.05, 0.1) is 22.6 Å². The molecule has 3 fully saturated rings. The molecule has 3 aliphatic rings. The molecule has 124 valence electrons. The molecular formula is C15H19N3O4S. The minimum atomic E-state index is -3.33. The van der Waals surface area contributed by atoms with Crippen LogP contribution in [-0.2, 0) is 14.6 Å². The first-order valence-corrected chi connectivity index (χ1v) is 9.63. The first kappa shape index (κ1) is 14.9. The molecule has 8 heteroatoms. The summed E-state index contributed by atoms with van der Waals surface area (Å²) in [6.07, 6.45) is 6.57. The highest BCUT2D eigenvalue weighted by molar-refractivity contribution is 7.90. The predicted octanol–water partition coefficient (Wildman–Crippen LogP) is 1.32. The van der Waals surface area contributed by atoms with Gasteiger partial charge in [0.25, 0.3) is 0 Å². The molecule has 0 bridgehead atoms. The van der Waals surface area contributed by atoms with Crippen LogP contribution in [0.4, 0.5) is 10.6 Å². The van der Waals surface area contributed by atoms with Crippen molar-refractivity contribution in [1.29, 1.82) is 0 Å². The second-order valence-electron chi connectivity index (χ2n) is 6.76. The van der Waals surface area contributed by atoms with Gasteiger partial charge in [0.15, 0.2) is 9.84 Å². The summed E-state index contributed by atoms with van der Waals surface area (Å²) in [5, 5.41) is 5.70. The Labute approximate surface area is 134 Å². The second-order valence-corrected chi connectivity index (χ2v) is 8.78. The molecule has 4 rings (SSSR count). The van der Waals surface area contributed by atoms with Crippen molar-refractivity contribution in [1.82, 2.24) is 10.3 Å². The highest BCUT2D eigenvalue weighted by atomic mass is 32.2. The standard InChI is InChI=1S/C15H19N3O4S/c1-23(20,21)11-3-6-16-12(7-11)17-13(19)18-15-8-10(15)9-22-14(15)4-2-5-14/h3,6-7,10H,2,4-5,8-9H2,1H3,(H2,16,17,18,19)/t10-,15+/m0/s1. The maximum Gasteiger partial charge on any atom is 0.320 e. The number of sulfone groups is 1. The molecule has 1 spiro atoms. The van der Waals surface area contributed by atoms with Gasteiger partial charge in [0.2, 0.25) is 0 Å². The zero-order valence-electron chi connectivity index (χ0n) is 12.8. The van der Waals surface area contributed by atoms with Crippen LogP contribution >= 0.6 is 0 Å². The van der Waals surface area contributed by atoms with Crippen molar-refractivity contribution in [2.75, 3.05) is 18.2 Å². The van der Waals surface area contributed by atoms with E-state index in [0.717, 1.165) is 31.9 Å². The van der Waals surface area contributed by atoms with Gasteiger partial charge in [-0.3, -0.25) is 5.32 Å². The number of carbonyl (C=O) groups is 1. The van der Waals surface area contributed by atoms with Crippen LogP contribution in [0.3, 0.4) is 0 Å². The Bertz CT molecular complexity index is 775. The van der Waals surface area contributed by atoms with Gasteiger partial charge in [0.1, 0.15) is 5.82 Å². The quantitative estimate of drug-likeness (QED) is 0.867. The molecule has 2 atom stereocenters. The summed E-state index contributed by atoms with van der Waals surface area (Å²) >= 11 is 0. The lowest BCUT2D eigenvalue weighted by Gasteiger charge is -2.45. The monoisotopic (exact) mass is 337 g/mol. The minimum absolute atomic E-state index is 0.130. The van der Waals surface area contributed by atoms with Crippen molar-refractivity contribution < 1.29 is 17.9 Å². The van der Waals surface area contributed by atoms with Crippen molar-refractivity contribution in [2.45, 2.75) is 41.7 Å². The first-order valence-electron chi connectivity index (χ1n) is 7.74. The van der Waals surface area contributed by atoms with Crippen LogP contribution in [0.2, 0.25) is 0 Å². The number of anilines is 1. The van der Waals surface area contributed by atoms with Crippen LogP contribution in [0.1, 0.15) is 25.7 Å². The van der Waals surface area contributed by atoms with Crippen molar-refractivity contribution in [3.05, 3.63) is 18.3 Å². The van der Waals surface area contributed by atoms with E-state index in [1.165, 1.54) is 18.3 Å². The minimum Gasteiger partial charge on any atom is -0.372 e. The number of aromatic nitrogens is 1. The van der Waals surface area contributed by atoms with Crippen LogP contribution in [0.15, 0.2) is 23.2 Å². The third-order valence-electron chi connectivity index (χ3n) is 5.38. The van der Waals surface area contributed by atoms with E-state index >= 15 is 0 Å². The molecule has 1 aliphatic heterocycles. The van der Waals surface area contributed by atoms with E-state index in [1.54, 1.807) is 0 Å². The Kier molecular flexibility index (Phi) is 3.02. The van der Waals surface area contributed by atoms with E-state index in [0.29, 0.717) is 12.5 Å². The number of nitrogens with zero attached hydrogens (tertiary/aromatic N) is 1. The second kappa shape index (κ2) is 4.67. The average Bonchev–Trinajstić information content (AvgIpc) is 3.02. The van der Waals surface area contributed by atoms with Gasteiger partial charge in [-0.1, -0.05) is 0 Å². The topological polar surface area (TPSA) is 97.4 Å². The number of ether oxygens (including phenoxy) is 1. The summed E-state index contributed by atoms with van der Waals surface area (Å²) in [5.41, 5.74) is -0.430. The molecule has 2 aliphatic carbocycles. The molecule has 0 aromatic carbocycles. The molecule has 1 aromatic rings. The third kappa shape index (κ3) is 2.23. The maximum atomic E-state index is 12.3. The molecule has 2 amide bonds. The number of hydrogen-bond donors (Lipinski definition) is 2. The Morgan fingerprint density at radius 3 is 2.83 bits per heavy atom. The third-order valence-corrected chi connectivity index (χ3v) is 6.49.